The maximum absolute atomic E-state index is 10.8. The van der Waals surface area contributed by atoms with Crippen LogP contribution in [0.3, 0.4) is 0 Å². The average Bonchev–Trinajstić information content (AvgIpc) is 2.18. The third-order valence-corrected chi connectivity index (χ3v) is 3.08. The molecule has 0 heterocycles. The van der Waals surface area contributed by atoms with Gasteiger partial charge < -0.3 is 11.1 Å². The maximum Gasteiger partial charge on any atom is 0.0364 e. The van der Waals surface area contributed by atoms with Gasteiger partial charge in [0.05, 0.1) is 0 Å². The van der Waals surface area contributed by atoms with E-state index in [0.29, 0.717) is 0 Å². The summed E-state index contributed by atoms with van der Waals surface area (Å²) in [5.41, 5.74) is 8.71. The van der Waals surface area contributed by atoms with Crippen molar-refractivity contribution in [3.05, 3.63) is 23.8 Å². The molecule has 1 unspecified atom stereocenters. The van der Waals surface area contributed by atoms with Crippen LogP contribution in [0.5, 0.6) is 0 Å². The van der Waals surface area contributed by atoms with Gasteiger partial charge in [-0.2, -0.15) is 0 Å². The van der Waals surface area contributed by atoms with Crippen molar-refractivity contribution in [2.24, 2.45) is 0 Å². The number of hydrogen-bond acceptors (Lipinski definition) is 3. The van der Waals surface area contributed by atoms with Gasteiger partial charge in [0.25, 0.3) is 0 Å². The molecule has 0 saturated heterocycles. The summed E-state index contributed by atoms with van der Waals surface area (Å²) in [5.74, 6) is 0.744. The molecule has 0 aliphatic rings. The van der Waals surface area contributed by atoms with Crippen LogP contribution in [0.4, 0.5) is 11.4 Å². The predicted octanol–water partition coefficient (Wildman–Crippen LogP) is 1.76. The summed E-state index contributed by atoms with van der Waals surface area (Å²) >= 11 is 0. The highest BCUT2D eigenvalue weighted by Crippen LogP contribution is 2.16. The van der Waals surface area contributed by atoms with Gasteiger partial charge in [-0.25, -0.2) is 0 Å². The van der Waals surface area contributed by atoms with Crippen LogP contribution in [-0.2, 0) is 10.8 Å². The Morgan fingerprint density at radius 2 is 2.20 bits per heavy atom. The second kappa shape index (κ2) is 5.75. The van der Waals surface area contributed by atoms with Crippen LogP contribution < -0.4 is 11.1 Å². The van der Waals surface area contributed by atoms with E-state index in [9.17, 15) is 4.21 Å². The highest BCUT2D eigenvalue weighted by molar-refractivity contribution is 7.84. The molecule has 0 bridgehead atoms. The Morgan fingerprint density at radius 3 is 2.80 bits per heavy atom. The molecular formula is C11H18N2OS. The molecule has 4 heteroatoms. The summed E-state index contributed by atoms with van der Waals surface area (Å²) in [6, 6.07) is 5.93. The molecule has 0 fully saturated rings. The lowest BCUT2D eigenvalue weighted by Gasteiger charge is -2.07. The fraction of sp³-hybridized carbons (Fsp3) is 0.455. The second-order valence-corrected chi connectivity index (χ2v) is 5.18. The topological polar surface area (TPSA) is 55.1 Å². The standard InChI is InChI=1S/C11H18N2OS/c1-9-4-5-10(8-11(9)12)13-6-3-7-15(2)14/h4-5,8,13H,3,6-7,12H2,1-2H3. The van der Waals surface area contributed by atoms with Gasteiger partial charge in [0, 0.05) is 40.7 Å². The van der Waals surface area contributed by atoms with Crippen molar-refractivity contribution < 1.29 is 4.21 Å². The summed E-state index contributed by atoms with van der Waals surface area (Å²) in [6.45, 7) is 2.82. The molecule has 3 nitrogen and oxygen atoms in total. The van der Waals surface area contributed by atoms with E-state index in [2.05, 4.69) is 5.32 Å². The van der Waals surface area contributed by atoms with Crippen LogP contribution in [0, 0.1) is 6.92 Å². The summed E-state index contributed by atoms with van der Waals surface area (Å²) < 4.78 is 10.8. The molecule has 1 rings (SSSR count). The largest absolute Gasteiger partial charge is 0.398 e. The highest BCUT2D eigenvalue weighted by Gasteiger charge is 1.96. The smallest absolute Gasteiger partial charge is 0.0364 e. The Bertz CT molecular complexity index is 352. The first-order valence-corrected chi connectivity index (χ1v) is 6.72. The molecule has 3 N–H and O–H groups in total. The molecule has 0 aliphatic heterocycles. The third-order valence-electron chi connectivity index (χ3n) is 2.22. The van der Waals surface area contributed by atoms with Crippen molar-refractivity contribution in [1.82, 2.24) is 0 Å². The molecule has 1 aromatic carbocycles. The Hall–Kier alpha value is -1.03. The Morgan fingerprint density at radius 1 is 1.47 bits per heavy atom. The third kappa shape index (κ3) is 4.34. The zero-order chi connectivity index (χ0) is 11.3. The minimum absolute atomic E-state index is 0.696. The van der Waals surface area contributed by atoms with E-state index in [-0.39, 0.29) is 0 Å². The summed E-state index contributed by atoms with van der Waals surface area (Å²) in [6.07, 6.45) is 2.64. The number of nitrogens with two attached hydrogens (primary N) is 1. The Labute approximate surface area is 93.5 Å². The van der Waals surface area contributed by atoms with Gasteiger partial charge in [-0.15, -0.1) is 0 Å². The Kier molecular flexibility index (Phi) is 4.62. The SMILES string of the molecule is Cc1ccc(NCCCS(C)=O)cc1N. The molecule has 0 aliphatic carbocycles. The molecule has 0 spiro atoms. The average molecular weight is 226 g/mol. The first-order valence-electron chi connectivity index (χ1n) is 4.99. The number of nitrogen functional groups attached to an aromatic ring is 1. The predicted molar refractivity (Wildman–Crippen MR) is 67.6 cm³/mol. The van der Waals surface area contributed by atoms with Crippen LogP contribution in [0.25, 0.3) is 0 Å². The molecule has 0 saturated carbocycles. The zero-order valence-electron chi connectivity index (χ0n) is 9.25. The Balaban J connectivity index is 2.38. The van der Waals surface area contributed by atoms with E-state index in [1.807, 2.05) is 25.1 Å². The van der Waals surface area contributed by atoms with Gasteiger partial charge in [0.15, 0.2) is 0 Å². The van der Waals surface area contributed by atoms with Crippen LogP contribution in [0.15, 0.2) is 18.2 Å². The fourth-order valence-electron chi connectivity index (χ4n) is 1.26. The van der Waals surface area contributed by atoms with E-state index in [0.717, 1.165) is 35.7 Å². The molecular weight excluding hydrogens is 208 g/mol. The van der Waals surface area contributed by atoms with Gasteiger partial charge in [-0.3, -0.25) is 4.21 Å². The zero-order valence-corrected chi connectivity index (χ0v) is 10.1. The first-order chi connectivity index (χ1) is 7.09. The fourth-order valence-corrected chi connectivity index (χ4v) is 1.81. The number of anilines is 2. The van der Waals surface area contributed by atoms with E-state index in [1.54, 1.807) is 6.26 Å². The lowest BCUT2D eigenvalue weighted by atomic mass is 10.2. The van der Waals surface area contributed by atoms with Gasteiger partial charge in [0.1, 0.15) is 0 Å². The van der Waals surface area contributed by atoms with Gasteiger partial charge >= 0.3 is 0 Å². The molecule has 84 valence electrons. The van der Waals surface area contributed by atoms with E-state index in [1.165, 1.54) is 0 Å². The quantitative estimate of drug-likeness (QED) is 0.594. The van der Waals surface area contributed by atoms with Crippen LogP contribution >= 0.6 is 0 Å². The maximum atomic E-state index is 10.8. The lowest BCUT2D eigenvalue weighted by Crippen LogP contribution is -2.06. The minimum atomic E-state index is -0.696. The van der Waals surface area contributed by atoms with Crippen LogP contribution in [0.1, 0.15) is 12.0 Å². The van der Waals surface area contributed by atoms with Crippen molar-refractivity contribution in [3.8, 4) is 0 Å². The van der Waals surface area contributed by atoms with Crippen molar-refractivity contribution in [2.75, 3.05) is 29.6 Å². The minimum Gasteiger partial charge on any atom is -0.398 e. The molecule has 1 aromatic rings. The summed E-state index contributed by atoms with van der Waals surface area (Å²) in [5, 5.41) is 3.25. The van der Waals surface area contributed by atoms with Crippen molar-refractivity contribution >= 4 is 22.2 Å². The highest BCUT2D eigenvalue weighted by atomic mass is 32.2. The van der Waals surface area contributed by atoms with Crippen LogP contribution in [-0.4, -0.2) is 22.8 Å². The molecule has 0 radical (unpaired) electrons. The number of aryl methyl sites for hydroxylation is 1. The van der Waals surface area contributed by atoms with Crippen molar-refractivity contribution in [1.29, 1.82) is 0 Å². The first kappa shape index (κ1) is 12.0. The molecule has 15 heavy (non-hydrogen) atoms. The van der Waals surface area contributed by atoms with E-state index in [4.69, 9.17) is 5.73 Å². The number of hydrogen-bond donors (Lipinski definition) is 2. The summed E-state index contributed by atoms with van der Waals surface area (Å²) in [4.78, 5) is 0. The molecule has 0 amide bonds. The summed E-state index contributed by atoms with van der Waals surface area (Å²) in [7, 11) is -0.696. The molecule has 0 aromatic heterocycles. The number of benzene rings is 1. The van der Waals surface area contributed by atoms with Gasteiger partial charge in [0.2, 0.25) is 0 Å². The normalized spacial score (nSPS) is 12.4. The van der Waals surface area contributed by atoms with Crippen LogP contribution in [0.2, 0.25) is 0 Å². The van der Waals surface area contributed by atoms with Crippen molar-refractivity contribution in [2.45, 2.75) is 13.3 Å². The monoisotopic (exact) mass is 226 g/mol. The van der Waals surface area contributed by atoms with E-state index < -0.39 is 10.8 Å². The van der Waals surface area contributed by atoms with E-state index >= 15 is 0 Å². The number of rotatable bonds is 5. The van der Waals surface area contributed by atoms with Gasteiger partial charge in [-0.05, 0) is 31.0 Å². The second-order valence-electron chi connectivity index (χ2n) is 3.63. The van der Waals surface area contributed by atoms with Gasteiger partial charge in [-0.1, -0.05) is 6.07 Å². The van der Waals surface area contributed by atoms with Crippen molar-refractivity contribution in [3.63, 3.8) is 0 Å². The number of nitrogens with one attached hydrogen (secondary N) is 1. The lowest BCUT2D eigenvalue weighted by molar-refractivity contribution is 0.685. The molecule has 1 atom stereocenters.